The third kappa shape index (κ3) is 6.42. The van der Waals surface area contributed by atoms with Crippen LogP contribution in [0.4, 0.5) is 0 Å². The van der Waals surface area contributed by atoms with Crippen LogP contribution in [-0.2, 0) is 10.2 Å². The van der Waals surface area contributed by atoms with Crippen LogP contribution in [0.5, 0.6) is 0 Å². The van der Waals surface area contributed by atoms with E-state index in [0.29, 0.717) is 18.9 Å². The van der Waals surface area contributed by atoms with E-state index in [0.717, 1.165) is 6.42 Å². The summed E-state index contributed by atoms with van der Waals surface area (Å²) in [7, 11) is -1.89. The molecule has 0 aliphatic heterocycles. The predicted octanol–water partition coefficient (Wildman–Crippen LogP) is 0.570. The Balaban J connectivity index is 4.22. The van der Waals surface area contributed by atoms with E-state index >= 15 is 0 Å². The van der Waals surface area contributed by atoms with Crippen molar-refractivity contribution in [3.63, 3.8) is 0 Å². The molecule has 98 valence electrons. The first kappa shape index (κ1) is 15.8. The highest BCUT2D eigenvalue weighted by Crippen LogP contribution is 2.06. The molecule has 0 rings (SSSR count). The van der Waals surface area contributed by atoms with Crippen LogP contribution in [-0.4, -0.2) is 44.1 Å². The number of hydrogen-bond donors (Lipinski definition) is 2. The van der Waals surface area contributed by atoms with Crippen molar-refractivity contribution in [3.8, 4) is 0 Å². The first-order valence-corrected chi connectivity index (χ1v) is 7.08. The first-order valence-electron chi connectivity index (χ1n) is 5.64. The largest absolute Gasteiger partial charge is 0.396 e. The Hall–Kier alpha value is -0.170. The third-order valence-electron chi connectivity index (χ3n) is 2.22. The van der Waals surface area contributed by atoms with Crippen LogP contribution in [0.1, 0.15) is 33.6 Å². The molecule has 0 fully saturated rings. The molecule has 0 saturated carbocycles. The Morgan fingerprint density at radius 2 is 1.88 bits per heavy atom. The molecule has 5 nitrogen and oxygen atoms in total. The van der Waals surface area contributed by atoms with Gasteiger partial charge in [-0.25, -0.2) is 0 Å². The van der Waals surface area contributed by atoms with Crippen LogP contribution >= 0.6 is 0 Å². The molecule has 0 bridgehead atoms. The van der Waals surface area contributed by atoms with Crippen LogP contribution in [0.25, 0.3) is 0 Å². The summed E-state index contributed by atoms with van der Waals surface area (Å²) < 4.78 is 27.4. The molecule has 0 spiro atoms. The minimum atomic E-state index is -3.41. The second-order valence-electron chi connectivity index (χ2n) is 4.55. The summed E-state index contributed by atoms with van der Waals surface area (Å²) in [4.78, 5) is 0. The van der Waals surface area contributed by atoms with Gasteiger partial charge in [-0.15, -0.1) is 0 Å². The lowest BCUT2D eigenvalue weighted by molar-refractivity contribution is 0.275. The Morgan fingerprint density at radius 3 is 2.31 bits per heavy atom. The number of hydrogen-bond acceptors (Lipinski definition) is 3. The topological polar surface area (TPSA) is 69.6 Å². The van der Waals surface area contributed by atoms with Crippen molar-refractivity contribution in [2.75, 3.05) is 20.2 Å². The Labute approximate surface area is 99.0 Å². The molecular weight excluding hydrogens is 228 g/mol. The summed E-state index contributed by atoms with van der Waals surface area (Å²) in [6.07, 6.45) is 1.27. The molecule has 16 heavy (non-hydrogen) atoms. The zero-order valence-corrected chi connectivity index (χ0v) is 11.4. The molecule has 1 unspecified atom stereocenters. The van der Waals surface area contributed by atoms with E-state index in [2.05, 4.69) is 18.6 Å². The maximum absolute atomic E-state index is 11.8. The number of nitrogens with zero attached hydrogens (tertiary/aromatic N) is 1. The molecule has 0 saturated heterocycles. The normalized spacial score (nSPS) is 14.7. The zero-order valence-electron chi connectivity index (χ0n) is 10.6. The van der Waals surface area contributed by atoms with Gasteiger partial charge in [-0.1, -0.05) is 13.8 Å². The Kier molecular flexibility index (Phi) is 7.14. The first-order chi connectivity index (χ1) is 7.29. The lowest BCUT2D eigenvalue weighted by atomic mass is 10.1. The molecule has 0 aromatic rings. The van der Waals surface area contributed by atoms with Crippen LogP contribution in [0.3, 0.4) is 0 Å². The Morgan fingerprint density at radius 1 is 1.31 bits per heavy atom. The second-order valence-corrected chi connectivity index (χ2v) is 6.36. The minimum Gasteiger partial charge on any atom is -0.396 e. The van der Waals surface area contributed by atoms with Crippen molar-refractivity contribution in [3.05, 3.63) is 0 Å². The van der Waals surface area contributed by atoms with Gasteiger partial charge in [0.1, 0.15) is 0 Å². The highest BCUT2D eigenvalue weighted by atomic mass is 32.2. The summed E-state index contributed by atoms with van der Waals surface area (Å²) >= 11 is 0. The van der Waals surface area contributed by atoms with Gasteiger partial charge in [0, 0.05) is 26.2 Å². The highest BCUT2D eigenvalue weighted by Gasteiger charge is 2.19. The van der Waals surface area contributed by atoms with E-state index in [9.17, 15) is 8.42 Å². The van der Waals surface area contributed by atoms with E-state index in [1.165, 1.54) is 11.4 Å². The third-order valence-corrected chi connectivity index (χ3v) is 3.92. The fraction of sp³-hybridized carbons (Fsp3) is 1.00. The van der Waals surface area contributed by atoms with Gasteiger partial charge < -0.3 is 5.11 Å². The molecule has 0 radical (unpaired) electrons. The molecule has 0 aliphatic rings. The quantitative estimate of drug-likeness (QED) is 0.663. The molecule has 6 heteroatoms. The number of aliphatic hydroxyl groups is 1. The average molecular weight is 252 g/mol. The summed E-state index contributed by atoms with van der Waals surface area (Å²) in [5, 5.41) is 8.64. The summed E-state index contributed by atoms with van der Waals surface area (Å²) in [5.74, 6) is 0.459. The van der Waals surface area contributed by atoms with Crippen molar-refractivity contribution in [1.82, 2.24) is 9.03 Å². The smallest absolute Gasteiger partial charge is 0.279 e. The molecule has 1 atom stereocenters. The van der Waals surface area contributed by atoms with Crippen LogP contribution in [0.15, 0.2) is 0 Å². The van der Waals surface area contributed by atoms with Crippen molar-refractivity contribution in [1.29, 1.82) is 0 Å². The maximum Gasteiger partial charge on any atom is 0.279 e. The van der Waals surface area contributed by atoms with Crippen LogP contribution in [0.2, 0.25) is 0 Å². The monoisotopic (exact) mass is 252 g/mol. The van der Waals surface area contributed by atoms with Gasteiger partial charge >= 0.3 is 0 Å². The SMILES string of the molecule is CC(C)CC(C)NS(=O)(=O)N(C)CCCO. The fourth-order valence-electron chi connectivity index (χ4n) is 1.51. The van der Waals surface area contributed by atoms with E-state index in [-0.39, 0.29) is 12.6 Å². The summed E-state index contributed by atoms with van der Waals surface area (Å²) in [6, 6.07) is -0.0680. The van der Waals surface area contributed by atoms with Crippen molar-refractivity contribution >= 4 is 10.2 Å². The standard InChI is InChI=1S/C10H24N2O3S/c1-9(2)8-10(3)11-16(14,15)12(4)6-5-7-13/h9-11,13H,5-8H2,1-4H3. The Bertz CT molecular complexity index is 278. The minimum absolute atomic E-state index is 0.00140. The highest BCUT2D eigenvalue weighted by molar-refractivity contribution is 7.87. The fourth-order valence-corrected chi connectivity index (χ4v) is 2.67. The maximum atomic E-state index is 11.8. The van der Waals surface area contributed by atoms with Gasteiger partial charge in [0.25, 0.3) is 10.2 Å². The van der Waals surface area contributed by atoms with Crippen LogP contribution < -0.4 is 4.72 Å². The van der Waals surface area contributed by atoms with Gasteiger partial charge in [-0.3, -0.25) is 0 Å². The molecule has 0 heterocycles. The van der Waals surface area contributed by atoms with E-state index in [1.54, 1.807) is 0 Å². The summed E-state index contributed by atoms with van der Waals surface area (Å²) in [5.41, 5.74) is 0. The molecule has 0 amide bonds. The van der Waals surface area contributed by atoms with Crippen molar-refractivity contribution < 1.29 is 13.5 Å². The lowest BCUT2D eigenvalue weighted by Crippen LogP contribution is -2.43. The van der Waals surface area contributed by atoms with Crippen molar-refractivity contribution in [2.45, 2.75) is 39.7 Å². The van der Waals surface area contributed by atoms with Gasteiger partial charge in [0.05, 0.1) is 0 Å². The molecular formula is C10H24N2O3S. The van der Waals surface area contributed by atoms with Gasteiger partial charge in [0.15, 0.2) is 0 Å². The van der Waals surface area contributed by atoms with E-state index in [4.69, 9.17) is 5.11 Å². The number of rotatable bonds is 8. The summed E-state index contributed by atoms with van der Waals surface area (Å²) in [6.45, 7) is 6.31. The lowest BCUT2D eigenvalue weighted by Gasteiger charge is -2.21. The van der Waals surface area contributed by atoms with E-state index in [1.807, 2.05) is 6.92 Å². The zero-order chi connectivity index (χ0) is 12.8. The van der Waals surface area contributed by atoms with Gasteiger partial charge in [0.2, 0.25) is 0 Å². The average Bonchev–Trinajstić information content (AvgIpc) is 2.11. The molecule has 0 aromatic heterocycles. The second kappa shape index (κ2) is 7.21. The predicted molar refractivity (Wildman–Crippen MR) is 65.3 cm³/mol. The molecule has 2 N–H and O–H groups in total. The van der Waals surface area contributed by atoms with E-state index < -0.39 is 10.2 Å². The molecule has 0 aromatic carbocycles. The van der Waals surface area contributed by atoms with Crippen molar-refractivity contribution in [2.24, 2.45) is 5.92 Å². The van der Waals surface area contributed by atoms with Gasteiger partial charge in [-0.2, -0.15) is 17.4 Å². The van der Waals surface area contributed by atoms with Gasteiger partial charge in [-0.05, 0) is 25.7 Å². The molecule has 0 aliphatic carbocycles. The van der Waals surface area contributed by atoms with Crippen LogP contribution in [0, 0.1) is 5.92 Å². The number of aliphatic hydroxyl groups excluding tert-OH is 1. The number of nitrogens with one attached hydrogen (secondary N) is 1.